The van der Waals surface area contributed by atoms with Crippen LogP contribution in [-0.2, 0) is 0 Å². The van der Waals surface area contributed by atoms with Crippen LogP contribution in [0.15, 0.2) is 12.3 Å². The molecule has 1 aromatic heterocycles. The summed E-state index contributed by atoms with van der Waals surface area (Å²) < 4.78 is 0. The molecule has 0 saturated carbocycles. The highest BCUT2D eigenvalue weighted by molar-refractivity contribution is 6.28. The predicted molar refractivity (Wildman–Crippen MR) is 65.8 cm³/mol. The smallest absolute Gasteiger partial charge is 0.224 e. The van der Waals surface area contributed by atoms with E-state index >= 15 is 0 Å². The Bertz CT molecular complexity index is 356. The van der Waals surface area contributed by atoms with Crippen LogP contribution >= 0.6 is 11.6 Å². The Morgan fingerprint density at radius 2 is 2.38 bits per heavy atom. The molecule has 0 aliphatic carbocycles. The Kier molecular flexibility index (Phi) is 3.61. The third-order valence-corrected chi connectivity index (χ3v) is 3.11. The van der Waals surface area contributed by atoms with Gasteiger partial charge in [0.05, 0.1) is 0 Å². The number of halogens is 1. The lowest BCUT2D eigenvalue weighted by Crippen LogP contribution is -2.31. The number of nitrogens with one attached hydrogen (secondary N) is 1. The van der Waals surface area contributed by atoms with Gasteiger partial charge in [-0.1, -0.05) is 0 Å². The zero-order valence-electron chi connectivity index (χ0n) is 9.65. The zero-order chi connectivity index (χ0) is 11.5. The Balaban J connectivity index is 1.92. The molecule has 1 unspecified atom stereocenters. The van der Waals surface area contributed by atoms with Crippen molar-refractivity contribution < 1.29 is 0 Å². The first-order valence-corrected chi connectivity index (χ1v) is 6.02. The lowest BCUT2D eigenvalue weighted by molar-refractivity contribution is 0.274. The van der Waals surface area contributed by atoms with Gasteiger partial charge in [0.25, 0.3) is 0 Å². The molecule has 16 heavy (non-hydrogen) atoms. The van der Waals surface area contributed by atoms with E-state index in [2.05, 4.69) is 34.0 Å². The molecule has 1 aliphatic rings. The number of anilines is 1. The standard InChI is InChI=1S/C11H17ClN4/c1-8(2)16-6-4-9(7-16)14-10-3-5-13-11(12)15-10/h3,5,8-9H,4,6-7H2,1-2H3,(H,13,14,15). The van der Waals surface area contributed by atoms with E-state index in [1.165, 1.54) is 0 Å². The van der Waals surface area contributed by atoms with Crippen molar-refractivity contribution >= 4 is 17.4 Å². The molecule has 2 heterocycles. The summed E-state index contributed by atoms with van der Waals surface area (Å²) in [5.41, 5.74) is 0. The maximum Gasteiger partial charge on any atom is 0.224 e. The van der Waals surface area contributed by atoms with E-state index in [0.29, 0.717) is 17.4 Å². The Hall–Kier alpha value is -0.870. The first-order chi connectivity index (χ1) is 7.65. The number of likely N-dealkylation sites (tertiary alicyclic amines) is 1. The van der Waals surface area contributed by atoms with E-state index in [4.69, 9.17) is 11.6 Å². The summed E-state index contributed by atoms with van der Waals surface area (Å²) in [5.74, 6) is 0.815. The molecule has 1 N–H and O–H groups in total. The minimum Gasteiger partial charge on any atom is -0.366 e. The van der Waals surface area contributed by atoms with E-state index < -0.39 is 0 Å². The second-order valence-corrected chi connectivity index (χ2v) is 4.77. The summed E-state index contributed by atoms with van der Waals surface area (Å²) in [6.45, 7) is 6.67. The van der Waals surface area contributed by atoms with Crippen LogP contribution in [0.5, 0.6) is 0 Å². The molecular weight excluding hydrogens is 224 g/mol. The first kappa shape index (κ1) is 11.6. The Morgan fingerprint density at radius 1 is 1.56 bits per heavy atom. The molecule has 0 amide bonds. The maximum absolute atomic E-state index is 5.74. The molecule has 1 aromatic rings. The van der Waals surface area contributed by atoms with Gasteiger partial charge in [-0.05, 0) is 37.9 Å². The quantitative estimate of drug-likeness (QED) is 0.821. The molecule has 0 spiro atoms. The van der Waals surface area contributed by atoms with E-state index in [9.17, 15) is 0 Å². The van der Waals surface area contributed by atoms with Crippen LogP contribution in [0.2, 0.25) is 5.28 Å². The summed E-state index contributed by atoms with van der Waals surface area (Å²) >= 11 is 5.74. The minimum absolute atomic E-state index is 0.295. The molecule has 1 aliphatic heterocycles. The van der Waals surface area contributed by atoms with Crippen molar-refractivity contribution in [3.63, 3.8) is 0 Å². The van der Waals surface area contributed by atoms with E-state index in [1.807, 2.05) is 6.07 Å². The van der Waals surface area contributed by atoms with Gasteiger partial charge in [0, 0.05) is 31.4 Å². The van der Waals surface area contributed by atoms with Crippen LogP contribution in [-0.4, -0.2) is 40.0 Å². The first-order valence-electron chi connectivity index (χ1n) is 5.64. The van der Waals surface area contributed by atoms with Crippen molar-refractivity contribution in [1.29, 1.82) is 0 Å². The fraction of sp³-hybridized carbons (Fsp3) is 0.636. The molecule has 1 saturated heterocycles. The molecule has 0 aromatic carbocycles. The van der Waals surface area contributed by atoms with Gasteiger partial charge in [-0.15, -0.1) is 0 Å². The second kappa shape index (κ2) is 4.97. The third kappa shape index (κ3) is 2.83. The van der Waals surface area contributed by atoms with Crippen LogP contribution in [0.3, 0.4) is 0 Å². The zero-order valence-corrected chi connectivity index (χ0v) is 10.4. The van der Waals surface area contributed by atoms with Gasteiger partial charge >= 0.3 is 0 Å². The van der Waals surface area contributed by atoms with Crippen LogP contribution in [0, 0.1) is 0 Å². The van der Waals surface area contributed by atoms with Gasteiger partial charge in [-0.2, -0.15) is 0 Å². The predicted octanol–water partition coefficient (Wildman–Crippen LogP) is 2.02. The van der Waals surface area contributed by atoms with Crippen molar-refractivity contribution in [1.82, 2.24) is 14.9 Å². The summed E-state index contributed by atoms with van der Waals surface area (Å²) in [7, 11) is 0. The molecular formula is C11H17ClN4. The Labute approximate surface area is 101 Å². The molecule has 0 bridgehead atoms. The summed E-state index contributed by atoms with van der Waals surface area (Å²) in [5, 5.41) is 3.68. The number of hydrogen-bond acceptors (Lipinski definition) is 4. The van der Waals surface area contributed by atoms with Crippen molar-refractivity contribution in [3.05, 3.63) is 17.5 Å². The molecule has 4 nitrogen and oxygen atoms in total. The highest BCUT2D eigenvalue weighted by Gasteiger charge is 2.24. The van der Waals surface area contributed by atoms with Crippen molar-refractivity contribution in [2.24, 2.45) is 0 Å². The summed E-state index contributed by atoms with van der Waals surface area (Å²) in [4.78, 5) is 10.5. The molecule has 5 heteroatoms. The van der Waals surface area contributed by atoms with Gasteiger partial charge in [0.1, 0.15) is 5.82 Å². The van der Waals surface area contributed by atoms with Crippen LogP contribution in [0.1, 0.15) is 20.3 Å². The topological polar surface area (TPSA) is 41.0 Å². The van der Waals surface area contributed by atoms with Crippen molar-refractivity contribution in [2.75, 3.05) is 18.4 Å². The normalized spacial score (nSPS) is 21.6. The lowest BCUT2D eigenvalue weighted by Gasteiger charge is -2.20. The Morgan fingerprint density at radius 3 is 3.00 bits per heavy atom. The van der Waals surface area contributed by atoms with Crippen LogP contribution in [0.4, 0.5) is 5.82 Å². The average molecular weight is 241 g/mol. The van der Waals surface area contributed by atoms with Gasteiger partial charge in [0.15, 0.2) is 0 Å². The van der Waals surface area contributed by atoms with Crippen molar-refractivity contribution in [3.8, 4) is 0 Å². The number of aromatic nitrogens is 2. The van der Waals surface area contributed by atoms with Gasteiger partial charge in [-0.25, -0.2) is 9.97 Å². The average Bonchev–Trinajstić information content (AvgIpc) is 2.66. The highest BCUT2D eigenvalue weighted by Crippen LogP contribution is 2.16. The third-order valence-electron chi connectivity index (χ3n) is 2.93. The maximum atomic E-state index is 5.74. The molecule has 1 atom stereocenters. The number of hydrogen-bond donors (Lipinski definition) is 1. The number of nitrogens with zero attached hydrogens (tertiary/aromatic N) is 3. The van der Waals surface area contributed by atoms with Crippen LogP contribution in [0.25, 0.3) is 0 Å². The summed E-state index contributed by atoms with van der Waals surface area (Å²) in [6, 6.07) is 2.93. The fourth-order valence-corrected chi connectivity index (χ4v) is 2.15. The molecule has 0 radical (unpaired) electrons. The molecule has 88 valence electrons. The highest BCUT2D eigenvalue weighted by atomic mass is 35.5. The van der Waals surface area contributed by atoms with Gasteiger partial charge < -0.3 is 5.32 Å². The van der Waals surface area contributed by atoms with Gasteiger partial charge in [-0.3, -0.25) is 4.90 Å². The van der Waals surface area contributed by atoms with Gasteiger partial charge in [0.2, 0.25) is 5.28 Å². The van der Waals surface area contributed by atoms with E-state index in [0.717, 1.165) is 25.3 Å². The van der Waals surface area contributed by atoms with E-state index in [-0.39, 0.29) is 0 Å². The molecule has 2 rings (SSSR count). The fourth-order valence-electron chi connectivity index (χ4n) is 2.00. The molecule has 1 fully saturated rings. The minimum atomic E-state index is 0.295. The summed E-state index contributed by atoms with van der Waals surface area (Å²) in [6.07, 6.45) is 2.83. The van der Waals surface area contributed by atoms with Crippen LogP contribution < -0.4 is 5.32 Å². The SMILES string of the molecule is CC(C)N1CCC(Nc2ccnc(Cl)n2)C1. The largest absolute Gasteiger partial charge is 0.366 e. The van der Waals surface area contributed by atoms with Crippen molar-refractivity contribution in [2.45, 2.75) is 32.4 Å². The number of rotatable bonds is 3. The monoisotopic (exact) mass is 240 g/mol. The lowest BCUT2D eigenvalue weighted by atomic mass is 10.2. The van der Waals surface area contributed by atoms with E-state index in [1.54, 1.807) is 6.20 Å². The second-order valence-electron chi connectivity index (χ2n) is 4.43.